The van der Waals surface area contributed by atoms with Gasteiger partial charge in [0.05, 0.1) is 24.7 Å². The first kappa shape index (κ1) is 19.8. The van der Waals surface area contributed by atoms with E-state index in [1.165, 1.54) is 12.1 Å². The fourth-order valence-electron chi connectivity index (χ4n) is 3.55. The van der Waals surface area contributed by atoms with Crippen LogP contribution in [-0.2, 0) is 6.54 Å². The second-order valence-corrected chi connectivity index (χ2v) is 7.18. The molecule has 0 spiro atoms. The predicted octanol–water partition coefficient (Wildman–Crippen LogP) is 5.59. The van der Waals surface area contributed by atoms with Crippen molar-refractivity contribution < 1.29 is 18.4 Å². The van der Waals surface area contributed by atoms with Crippen LogP contribution in [0.4, 0.5) is 4.39 Å². The highest BCUT2D eigenvalue weighted by Crippen LogP contribution is 2.29. The minimum atomic E-state index is -0.293. The van der Waals surface area contributed by atoms with Crippen LogP contribution in [0, 0.1) is 5.82 Å². The lowest BCUT2D eigenvalue weighted by Crippen LogP contribution is -2.09. The fourth-order valence-corrected chi connectivity index (χ4v) is 3.55. The molecule has 2 heterocycles. The highest BCUT2D eigenvalue weighted by atomic mass is 19.1. The molecule has 0 aliphatic carbocycles. The minimum Gasteiger partial charge on any atom is -0.497 e. The molecular weight excluding hydrogens is 409 g/mol. The van der Waals surface area contributed by atoms with Gasteiger partial charge in [-0.05, 0) is 60.7 Å². The number of benzene rings is 3. The van der Waals surface area contributed by atoms with Gasteiger partial charge in [0, 0.05) is 11.6 Å². The number of halogens is 1. The van der Waals surface area contributed by atoms with E-state index >= 15 is 0 Å². The van der Waals surface area contributed by atoms with Gasteiger partial charge in [-0.3, -0.25) is 0 Å². The van der Waals surface area contributed by atoms with E-state index in [-0.39, 0.29) is 5.82 Å². The quantitative estimate of drug-likeness (QED) is 0.338. The smallest absolute Gasteiger partial charge is 0.167 e. The average Bonchev–Trinajstić information content (AvgIpc) is 3.46. The van der Waals surface area contributed by atoms with Gasteiger partial charge in [-0.1, -0.05) is 17.3 Å². The maximum Gasteiger partial charge on any atom is 0.167 e. The summed E-state index contributed by atoms with van der Waals surface area (Å²) in [6, 6.07) is 23.3. The van der Waals surface area contributed by atoms with Gasteiger partial charge in [0.1, 0.15) is 29.6 Å². The number of methoxy groups -OCH3 is 1. The monoisotopic (exact) mass is 429 g/mol. The Kier molecular flexibility index (Phi) is 5.29. The van der Waals surface area contributed by atoms with Gasteiger partial charge in [-0.15, -0.1) is 0 Å². The molecule has 32 heavy (non-hydrogen) atoms. The lowest BCUT2D eigenvalue weighted by molar-refractivity contribution is 0.300. The molecular formula is C25H20FN3O3. The van der Waals surface area contributed by atoms with Crippen molar-refractivity contribution in [1.29, 1.82) is 0 Å². The summed E-state index contributed by atoms with van der Waals surface area (Å²) in [5.41, 5.74) is 3.36. The molecule has 0 aliphatic rings. The van der Waals surface area contributed by atoms with Crippen molar-refractivity contribution in [3.63, 3.8) is 0 Å². The summed E-state index contributed by atoms with van der Waals surface area (Å²) in [7, 11) is 1.63. The van der Waals surface area contributed by atoms with E-state index in [1.54, 1.807) is 19.2 Å². The summed E-state index contributed by atoms with van der Waals surface area (Å²) in [6.45, 7) is 0.931. The van der Waals surface area contributed by atoms with E-state index in [0.29, 0.717) is 36.2 Å². The van der Waals surface area contributed by atoms with Gasteiger partial charge in [0.2, 0.25) is 0 Å². The molecule has 2 aromatic heterocycles. The van der Waals surface area contributed by atoms with Crippen molar-refractivity contribution in [3.05, 3.63) is 84.7 Å². The third kappa shape index (κ3) is 3.92. The Labute approximate surface area is 183 Å². The molecule has 5 rings (SSSR count). The standard InChI is InChI=1S/C25H20FN3O3/c1-30-19-10-6-17(7-11-19)24-16-22(28-32-24)25-27-21-4-2-3-5-23(21)29(25)14-15-31-20-12-8-18(26)9-13-20/h2-13,16H,14-15H2,1H3. The normalized spacial score (nSPS) is 11.1. The lowest BCUT2D eigenvalue weighted by atomic mass is 10.1. The molecule has 6 nitrogen and oxygen atoms in total. The lowest BCUT2D eigenvalue weighted by Gasteiger charge is -2.09. The Morgan fingerprint density at radius 2 is 1.69 bits per heavy atom. The Morgan fingerprint density at radius 1 is 0.938 bits per heavy atom. The number of nitrogens with zero attached hydrogens (tertiary/aromatic N) is 3. The topological polar surface area (TPSA) is 62.3 Å². The number of fused-ring (bicyclic) bond motifs is 1. The van der Waals surface area contributed by atoms with Crippen LogP contribution in [0.5, 0.6) is 11.5 Å². The summed E-state index contributed by atoms with van der Waals surface area (Å²) in [5.74, 6) is 2.43. The van der Waals surface area contributed by atoms with Crippen LogP contribution in [0.1, 0.15) is 0 Å². The van der Waals surface area contributed by atoms with E-state index in [4.69, 9.17) is 19.0 Å². The average molecular weight is 429 g/mol. The molecule has 0 saturated carbocycles. The first-order valence-electron chi connectivity index (χ1n) is 10.2. The molecule has 0 aliphatic heterocycles. The highest BCUT2D eigenvalue weighted by molar-refractivity contribution is 5.80. The Morgan fingerprint density at radius 3 is 2.47 bits per heavy atom. The van der Waals surface area contributed by atoms with Crippen LogP contribution in [0.25, 0.3) is 33.9 Å². The van der Waals surface area contributed by atoms with E-state index in [1.807, 2.05) is 54.6 Å². The highest BCUT2D eigenvalue weighted by Gasteiger charge is 2.17. The zero-order chi connectivity index (χ0) is 21.9. The largest absolute Gasteiger partial charge is 0.497 e. The Hall–Kier alpha value is -4.13. The zero-order valence-corrected chi connectivity index (χ0v) is 17.4. The van der Waals surface area contributed by atoms with Gasteiger partial charge in [0.15, 0.2) is 11.6 Å². The van der Waals surface area contributed by atoms with Crippen molar-refractivity contribution in [1.82, 2.24) is 14.7 Å². The van der Waals surface area contributed by atoms with Crippen LogP contribution in [0.15, 0.2) is 83.4 Å². The van der Waals surface area contributed by atoms with Gasteiger partial charge >= 0.3 is 0 Å². The third-order valence-corrected chi connectivity index (χ3v) is 5.17. The molecule has 0 unspecified atom stereocenters. The third-order valence-electron chi connectivity index (χ3n) is 5.17. The molecule has 0 bridgehead atoms. The molecule has 7 heteroatoms. The Balaban J connectivity index is 1.43. The molecule has 0 fully saturated rings. The zero-order valence-electron chi connectivity index (χ0n) is 17.4. The van der Waals surface area contributed by atoms with Gasteiger partial charge in [-0.2, -0.15) is 0 Å². The van der Waals surface area contributed by atoms with E-state index in [0.717, 1.165) is 22.3 Å². The van der Waals surface area contributed by atoms with Gasteiger partial charge in [-0.25, -0.2) is 9.37 Å². The van der Waals surface area contributed by atoms with Crippen molar-refractivity contribution in [2.45, 2.75) is 6.54 Å². The second-order valence-electron chi connectivity index (χ2n) is 7.18. The number of aromatic nitrogens is 3. The number of para-hydroxylation sites is 2. The van der Waals surface area contributed by atoms with Crippen molar-refractivity contribution >= 4 is 11.0 Å². The number of rotatable bonds is 7. The SMILES string of the molecule is COc1ccc(-c2cc(-c3nc4ccccc4n3CCOc3ccc(F)cc3)no2)cc1. The molecule has 0 N–H and O–H groups in total. The summed E-state index contributed by atoms with van der Waals surface area (Å²) < 4.78 is 31.8. The summed E-state index contributed by atoms with van der Waals surface area (Å²) in [6.07, 6.45) is 0. The molecule has 160 valence electrons. The maximum absolute atomic E-state index is 13.1. The number of imidazole rings is 1. The summed E-state index contributed by atoms with van der Waals surface area (Å²) in [5, 5.41) is 4.27. The molecule has 5 aromatic rings. The van der Waals surface area contributed by atoms with Gasteiger partial charge < -0.3 is 18.6 Å². The van der Waals surface area contributed by atoms with E-state index in [2.05, 4.69) is 9.72 Å². The van der Waals surface area contributed by atoms with Crippen LogP contribution >= 0.6 is 0 Å². The van der Waals surface area contributed by atoms with E-state index < -0.39 is 0 Å². The first-order chi connectivity index (χ1) is 15.7. The van der Waals surface area contributed by atoms with Crippen LogP contribution in [0.2, 0.25) is 0 Å². The molecule has 0 radical (unpaired) electrons. The first-order valence-corrected chi connectivity index (χ1v) is 10.2. The molecule has 0 amide bonds. The minimum absolute atomic E-state index is 0.293. The number of hydrogen-bond donors (Lipinski definition) is 0. The summed E-state index contributed by atoms with van der Waals surface area (Å²) >= 11 is 0. The van der Waals surface area contributed by atoms with Crippen molar-refractivity contribution in [3.8, 4) is 34.3 Å². The predicted molar refractivity (Wildman–Crippen MR) is 119 cm³/mol. The fraction of sp³-hybridized carbons (Fsp3) is 0.120. The summed E-state index contributed by atoms with van der Waals surface area (Å²) in [4.78, 5) is 4.77. The van der Waals surface area contributed by atoms with Crippen LogP contribution in [-0.4, -0.2) is 28.4 Å². The molecule has 0 atom stereocenters. The van der Waals surface area contributed by atoms with E-state index in [9.17, 15) is 4.39 Å². The number of ether oxygens (including phenoxy) is 2. The maximum atomic E-state index is 13.1. The van der Waals surface area contributed by atoms with Crippen molar-refractivity contribution in [2.24, 2.45) is 0 Å². The number of hydrogen-bond acceptors (Lipinski definition) is 5. The van der Waals surface area contributed by atoms with Gasteiger partial charge in [0.25, 0.3) is 0 Å². The van der Waals surface area contributed by atoms with Crippen LogP contribution < -0.4 is 9.47 Å². The second kappa shape index (κ2) is 8.55. The van der Waals surface area contributed by atoms with Crippen molar-refractivity contribution in [2.75, 3.05) is 13.7 Å². The molecule has 3 aromatic carbocycles. The molecule has 0 saturated heterocycles. The Bertz CT molecular complexity index is 1340. The van der Waals surface area contributed by atoms with Crippen LogP contribution in [0.3, 0.4) is 0 Å².